The normalized spacial score (nSPS) is 14.8. The van der Waals surface area contributed by atoms with Crippen LogP contribution in [0.25, 0.3) is 11.1 Å². The summed E-state index contributed by atoms with van der Waals surface area (Å²) in [5, 5.41) is 0. The first-order chi connectivity index (χ1) is 15.5. The third kappa shape index (κ3) is 5.50. The second kappa shape index (κ2) is 10.3. The summed E-state index contributed by atoms with van der Waals surface area (Å²) in [5.74, 6) is 0. The van der Waals surface area contributed by atoms with Crippen molar-refractivity contribution in [2.75, 3.05) is 0 Å². The summed E-state index contributed by atoms with van der Waals surface area (Å²) in [4.78, 5) is -0.450. The number of fused-ring (bicyclic) bond motifs is 3. The largest absolute Gasteiger partial charge is 0.294 e. The van der Waals surface area contributed by atoms with E-state index in [1.54, 1.807) is 12.1 Å². The number of hydrogen-bond donors (Lipinski definition) is 2. The summed E-state index contributed by atoms with van der Waals surface area (Å²) in [6.07, 6.45) is 10.4. The van der Waals surface area contributed by atoms with Crippen LogP contribution in [0.2, 0.25) is 0 Å². The topological polar surface area (TPSA) is 109 Å². The first-order valence-corrected chi connectivity index (χ1v) is 14.7. The van der Waals surface area contributed by atoms with Crippen molar-refractivity contribution >= 4 is 20.2 Å². The first kappa shape index (κ1) is 25.9. The van der Waals surface area contributed by atoms with Crippen LogP contribution in [-0.4, -0.2) is 25.9 Å². The molecule has 0 radical (unpaired) electrons. The van der Waals surface area contributed by atoms with E-state index in [2.05, 4.69) is 13.8 Å². The van der Waals surface area contributed by atoms with Crippen LogP contribution in [0.15, 0.2) is 46.2 Å². The standard InChI is InChI=1S/C25H34O6S2/c1-3-5-7-9-15-25(16-10-8-6-4-2)23-13-11-19(32(26,27)28)17-21(23)22-18-20(33(29,30)31)12-14-24(22)25/h11-14,17-18H,3-10,15-16H2,1-2H3,(H,26,27,28)(H,29,30,31). The molecule has 0 saturated heterocycles. The fraction of sp³-hybridized carbons (Fsp3) is 0.520. The molecule has 0 aliphatic heterocycles. The molecular formula is C25H34O6S2. The van der Waals surface area contributed by atoms with Gasteiger partial charge in [-0.15, -0.1) is 0 Å². The van der Waals surface area contributed by atoms with Crippen molar-refractivity contribution in [3.05, 3.63) is 47.5 Å². The zero-order valence-corrected chi connectivity index (χ0v) is 21.0. The van der Waals surface area contributed by atoms with Gasteiger partial charge in [-0.1, -0.05) is 77.3 Å². The van der Waals surface area contributed by atoms with Crippen molar-refractivity contribution in [1.29, 1.82) is 0 Å². The zero-order chi connectivity index (χ0) is 24.3. The van der Waals surface area contributed by atoms with Gasteiger partial charge >= 0.3 is 0 Å². The zero-order valence-electron chi connectivity index (χ0n) is 19.4. The average molecular weight is 495 g/mol. The van der Waals surface area contributed by atoms with Crippen LogP contribution in [0.5, 0.6) is 0 Å². The van der Waals surface area contributed by atoms with Crippen LogP contribution < -0.4 is 0 Å². The van der Waals surface area contributed by atoms with Gasteiger partial charge in [-0.3, -0.25) is 9.11 Å². The Hall–Kier alpha value is -1.74. The highest BCUT2D eigenvalue weighted by Gasteiger charge is 2.43. The molecular weight excluding hydrogens is 460 g/mol. The van der Waals surface area contributed by atoms with Crippen LogP contribution in [-0.2, 0) is 25.7 Å². The molecule has 6 nitrogen and oxygen atoms in total. The van der Waals surface area contributed by atoms with E-state index in [1.165, 1.54) is 24.3 Å². The number of hydrogen-bond acceptors (Lipinski definition) is 4. The van der Waals surface area contributed by atoms with Crippen molar-refractivity contribution < 1.29 is 25.9 Å². The predicted molar refractivity (Wildman–Crippen MR) is 130 cm³/mol. The monoisotopic (exact) mass is 494 g/mol. The maximum Gasteiger partial charge on any atom is 0.294 e. The molecule has 0 aromatic heterocycles. The van der Waals surface area contributed by atoms with Crippen molar-refractivity contribution in [2.24, 2.45) is 0 Å². The molecule has 0 heterocycles. The van der Waals surface area contributed by atoms with Crippen molar-refractivity contribution in [3.8, 4) is 11.1 Å². The molecule has 8 heteroatoms. The Balaban J connectivity index is 2.20. The Labute approximate surface area is 197 Å². The van der Waals surface area contributed by atoms with E-state index in [0.29, 0.717) is 11.1 Å². The van der Waals surface area contributed by atoms with Gasteiger partial charge in [-0.2, -0.15) is 16.8 Å². The molecule has 1 aliphatic carbocycles. The molecule has 33 heavy (non-hydrogen) atoms. The van der Waals surface area contributed by atoms with Gasteiger partial charge in [0.1, 0.15) is 0 Å². The SMILES string of the molecule is CCCCCCC1(CCCCCC)c2ccc(S(=O)(=O)O)cc2-c2cc(S(=O)(=O)O)ccc21. The lowest BCUT2D eigenvalue weighted by atomic mass is 9.70. The second-order valence-electron chi connectivity index (χ2n) is 9.07. The maximum atomic E-state index is 11.8. The number of unbranched alkanes of at least 4 members (excludes halogenated alkanes) is 6. The Bertz CT molecular complexity index is 1100. The Morgan fingerprint density at radius 1 is 0.636 bits per heavy atom. The molecule has 0 amide bonds. The molecule has 0 unspecified atom stereocenters. The molecule has 0 saturated carbocycles. The van der Waals surface area contributed by atoms with Crippen LogP contribution in [0.4, 0.5) is 0 Å². The van der Waals surface area contributed by atoms with E-state index in [9.17, 15) is 25.9 Å². The minimum Gasteiger partial charge on any atom is -0.282 e. The minimum atomic E-state index is -4.42. The molecule has 182 valence electrons. The molecule has 0 spiro atoms. The van der Waals surface area contributed by atoms with Crippen molar-refractivity contribution in [2.45, 2.75) is 93.3 Å². The lowest BCUT2D eigenvalue weighted by Gasteiger charge is -2.33. The Morgan fingerprint density at radius 2 is 1.03 bits per heavy atom. The number of benzene rings is 2. The van der Waals surface area contributed by atoms with E-state index in [0.717, 1.165) is 75.3 Å². The molecule has 3 rings (SSSR count). The Morgan fingerprint density at radius 3 is 1.36 bits per heavy atom. The summed E-state index contributed by atoms with van der Waals surface area (Å²) in [6, 6.07) is 9.25. The molecule has 2 N–H and O–H groups in total. The van der Waals surface area contributed by atoms with Gasteiger partial charge < -0.3 is 0 Å². The van der Waals surface area contributed by atoms with E-state index in [-0.39, 0.29) is 15.2 Å². The van der Waals surface area contributed by atoms with E-state index >= 15 is 0 Å². The fourth-order valence-electron chi connectivity index (χ4n) is 5.16. The fourth-order valence-corrected chi connectivity index (χ4v) is 6.18. The van der Waals surface area contributed by atoms with Crippen molar-refractivity contribution in [1.82, 2.24) is 0 Å². The lowest BCUT2D eigenvalue weighted by Crippen LogP contribution is -2.25. The first-order valence-electron chi connectivity index (χ1n) is 11.8. The van der Waals surface area contributed by atoms with E-state index in [4.69, 9.17) is 0 Å². The molecule has 2 aromatic carbocycles. The van der Waals surface area contributed by atoms with Crippen LogP contribution in [0, 0.1) is 0 Å². The lowest BCUT2D eigenvalue weighted by molar-refractivity contribution is 0.400. The van der Waals surface area contributed by atoms with Gasteiger partial charge in [-0.05, 0) is 59.4 Å². The maximum absolute atomic E-state index is 11.8. The van der Waals surface area contributed by atoms with Gasteiger partial charge in [0.25, 0.3) is 20.2 Å². The van der Waals surface area contributed by atoms with Crippen LogP contribution >= 0.6 is 0 Å². The minimum absolute atomic E-state index is 0.225. The van der Waals surface area contributed by atoms with Gasteiger partial charge in [-0.25, -0.2) is 0 Å². The highest BCUT2D eigenvalue weighted by molar-refractivity contribution is 7.86. The molecule has 1 aliphatic rings. The molecule has 0 atom stereocenters. The summed E-state index contributed by atoms with van der Waals surface area (Å²) in [5.41, 5.74) is 2.78. The predicted octanol–water partition coefficient (Wildman–Crippen LogP) is 6.39. The third-order valence-electron chi connectivity index (χ3n) is 6.81. The van der Waals surface area contributed by atoms with Gasteiger partial charge in [0.05, 0.1) is 9.79 Å². The third-order valence-corrected chi connectivity index (χ3v) is 8.51. The molecule has 2 aromatic rings. The summed E-state index contributed by atoms with van der Waals surface area (Å²) < 4.78 is 66.6. The van der Waals surface area contributed by atoms with Crippen molar-refractivity contribution in [3.63, 3.8) is 0 Å². The van der Waals surface area contributed by atoms with E-state index in [1.807, 2.05) is 0 Å². The van der Waals surface area contributed by atoms with Gasteiger partial charge in [0.15, 0.2) is 0 Å². The molecule has 0 bridgehead atoms. The Kier molecular flexibility index (Phi) is 8.04. The highest BCUT2D eigenvalue weighted by Crippen LogP contribution is 2.55. The smallest absolute Gasteiger partial charge is 0.282 e. The number of rotatable bonds is 12. The summed E-state index contributed by atoms with van der Waals surface area (Å²) in [7, 11) is -8.84. The summed E-state index contributed by atoms with van der Waals surface area (Å²) in [6.45, 7) is 4.32. The summed E-state index contributed by atoms with van der Waals surface area (Å²) >= 11 is 0. The van der Waals surface area contributed by atoms with Crippen LogP contribution in [0.3, 0.4) is 0 Å². The van der Waals surface area contributed by atoms with E-state index < -0.39 is 20.2 Å². The average Bonchev–Trinajstić information content (AvgIpc) is 3.02. The highest BCUT2D eigenvalue weighted by atomic mass is 32.2. The second-order valence-corrected chi connectivity index (χ2v) is 11.9. The van der Waals surface area contributed by atoms with Gasteiger partial charge in [0, 0.05) is 5.41 Å². The van der Waals surface area contributed by atoms with Gasteiger partial charge in [0.2, 0.25) is 0 Å². The molecule has 0 fully saturated rings. The van der Waals surface area contributed by atoms with Crippen LogP contribution in [0.1, 0.15) is 89.2 Å². The quantitative estimate of drug-likeness (QED) is 0.261.